The summed E-state index contributed by atoms with van der Waals surface area (Å²) in [7, 11) is 0. The molecule has 4 nitrogen and oxygen atoms in total. The van der Waals surface area contributed by atoms with E-state index in [1.54, 1.807) is 12.3 Å². The Labute approximate surface area is 126 Å². The highest BCUT2D eigenvalue weighted by Crippen LogP contribution is 2.37. The number of halogens is 2. The molecule has 21 heavy (non-hydrogen) atoms. The normalized spacial score (nSPS) is 14.2. The molecule has 0 atom stereocenters. The number of nitrogens with zero attached hydrogens (tertiary/aromatic N) is 1. The number of anilines is 1. The number of hydrogen-bond donors (Lipinski definition) is 1. The van der Waals surface area contributed by atoms with Gasteiger partial charge in [-0.2, -0.15) is 0 Å². The summed E-state index contributed by atoms with van der Waals surface area (Å²) in [5.74, 6) is -0.907. The number of aromatic nitrogens is 1. The predicted molar refractivity (Wildman–Crippen MR) is 77.6 cm³/mol. The number of nitrogen functional groups attached to an aromatic ring is 1. The molecule has 1 fully saturated rings. The van der Waals surface area contributed by atoms with E-state index in [9.17, 15) is 9.18 Å². The summed E-state index contributed by atoms with van der Waals surface area (Å²) in [6.45, 7) is -0.0782. The van der Waals surface area contributed by atoms with Gasteiger partial charge in [-0.05, 0) is 37.1 Å². The zero-order chi connectivity index (χ0) is 15.0. The van der Waals surface area contributed by atoms with Crippen LogP contribution in [0.3, 0.4) is 0 Å². The van der Waals surface area contributed by atoms with Crippen LogP contribution in [0.2, 0.25) is 5.02 Å². The smallest absolute Gasteiger partial charge is 0.355 e. The lowest BCUT2D eigenvalue weighted by Gasteiger charge is -2.09. The SMILES string of the molecule is Nc1cc(C(=O)OCc2cc(F)ccc2Cl)n(C2CC2)c1. The van der Waals surface area contributed by atoms with Crippen molar-refractivity contribution in [3.63, 3.8) is 0 Å². The van der Waals surface area contributed by atoms with Gasteiger partial charge in [-0.3, -0.25) is 0 Å². The Hall–Kier alpha value is -2.01. The fourth-order valence-corrected chi connectivity index (χ4v) is 2.36. The van der Waals surface area contributed by atoms with Gasteiger partial charge in [0.1, 0.15) is 18.1 Å². The van der Waals surface area contributed by atoms with Gasteiger partial charge in [0.15, 0.2) is 0 Å². The number of carbonyl (C=O) groups is 1. The molecule has 2 N–H and O–H groups in total. The van der Waals surface area contributed by atoms with Crippen molar-refractivity contribution in [2.75, 3.05) is 5.73 Å². The highest BCUT2D eigenvalue weighted by atomic mass is 35.5. The van der Waals surface area contributed by atoms with Gasteiger partial charge < -0.3 is 15.0 Å². The van der Waals surface area contributed by atoms with E-state index in [2.05, 4.69) is 0 Å². The summed E-state index contributed by atoms with van der Waals surface area (Å²) in [4.78, 5) is 12.1. The van der Waals surface area contributed by atoms with Gasteiger partial charge in [-0.1, -0.05) is 11.6 Å². The predicted octanol–water partition coefficient (Wildman–Crippen LogP) is 3.55. The van der Waals surface area contributed by atoms with Gasteiger partial charge in [0.2, 0.25) is 0 Å². The van der Waals surface area contributed by atoms with Crippen molar-refractivity contribution < 1.29 is 13.9 Å². The highest BCUT2D eigenvalue weighted by Gasteiger charge is 2.28. The number of carbonyl (C=O) groups excluding carboxylic acids is 1. The molecule has 1 aliphatic rings. The summed E-state index contributed by atoms with van der Waals surface area (Å²) in [5.41, 5.74) is 7.11. The molecule has 1 saturated carbocycles. The fraction of sp³-hybridized carbons (Fsp3) is 0.267. The number of nitrogens with two attached hydrogens (primary N) is 1. The van der Waals surface area contributed by atoms with E-state index in [-0.39, 0.29) is 6.61 Å². The second-order valence-corrected chi connectivity index (χ2v) is 5.52. The van der Waals surface area contributed by atoms with Crippen LogP contribution in [0.25, 0.3) is 0 Å². The Kier molecular flexibility index (Phi) is 3.59. The molecule has 0 unspecified atom stereocenters. The Balaban J connectivity index is 1.73. The van der Waals surface area contributed by atoms with Crippen LogP contribution in [0.4, 0.5) is 10.1 Å². The molecule has 1 heterocycles. The first-order valence-electron chi connectivity index (χ1n) is 6.63. The van der Waals surface area contributed by atoms with E-state index >= 15 is 0 Å². The Morgan fingerprint density at radius 3 is 2.90 bits per heavy atom. The molecule has 0 spiro atoms. The molecule has 1 aromatic heterocycles. The third-order valence-corrected chi connectivity index (χ3v) is 3.75. The minimum Gasteiger partial charge on any atom is -0.456 e. The van der Waals surface area contributed by atoms with Crippen LogP contribution in [0.1, 0.15) is 34.9 Å². The maximum Gasteiger partial charge on any atom is 0.355 e. The van der Waals surface area contributed by atoms with Crippen molar-refractivity contribution in [3.8, 4) is 0 Å². The second kappa shape index (κ2) is 5.41. The van der Waals surface area contributed by atoms with E-state index in [0.29, 0.717) is 28.0 Å². The number of rotatable bonds is 4. The molecule has 0 bridgehead atoms. The van der Waals surface area contributed by atoms with Crippen molar-refractivity contribution in [2.24, 2.45) is 0 Å². The molecule has 6 heteroatoms. The summed E-state index contributed by atoms with van der Waals surface area (Å²) < 4.78 is 20.2. The number of hydrogen-bond acceptors (Lipinski definition) is 3. The highest BCUT2D eigenvalue weighted by molar-refractivity contribution is 6.31. The van der Waals surface area contributed by atoms with E-state index in [1.165, 1.54) is 18.2 Å². The molecular weight excluding hydrogens is 295 g/mol. The van der Waals surface area contributed by atoms with Crippen LogP contribution in [0, 0.1) is 5.82 Å². The molecule has 0 saturated heterocycles. The molecular formula is C15H14ClFN2O2. The van der Waals surface area contributed by atoms with Crippen molar-refractivity contribution in [1.29, 1.82) is 0 Å². The zero-order valence-electron chi connectivity index (χ0n) is 11.2. The minimum absolute atomic E-state index is 0.0782. The molecule has 0 radical (unpaired) electrons. The van der Waals surface area contributed by atoms with Crippen LogP contribution in [-0.2, 0) is 11.3 Å². The molecule has 2 aromatic rings. The largest absolute Gasteiger partial charge is 0.456 e. The van der Waals surface area contributed by atoms with Gasteiger partial charge in [0.25, 0.3) is 0 Å². The van der Waals surface area contributed by atoms with E-state index in [0.717, 1.165) is 12.8 Å². The second-order valence-electron chi connectivity index (χ2n) is 5.11. The summed E-state index contributed by atoms with van der Waals surface area (Å²) >= 11 is 5.94. The monoisotopic (exact) mass is 308 g/mol. The Morgan fingerprint density at radius 1 is 1.43 bits per heavy atom. The molecule has 0 amide bonds. The Bertz CT molecular complexity index is 695. The minimum atomic E-state index is -0.487. The number of benzene rings is 1. The van der Waals surface area contributed by atoms with Gasteiger partial charge in [0, 0.05) is 22.8 Å². The number of ether oxygens (including phenoxy) is 1. The average molecular weight is 309 g/mol. The number of esters is 1. The summed E-state index contributed by atoms with van der Waals surface area (Å²) in [6, 6.07) is 5.86. The lowest BCUT2D eigenvalue weighted by molar-refractivity contribution is 0.0459. The Morgan fingerprint density at radius 2 is 2.19 bits per heavy atom. The van der Waals surface area contributed by atoms with E-state index < -0.39 is 11.8 Å². The average Bonchev–Trinajstić information content (AvgIpc) is 3.22. The molecule has 1 aromatic carbocycles. The van der Waals surface area contributed by atoms with Gasteiger partial charge in [-0.15, -0.1) is 0 Å². The first-order valence-corrected chi connectivity index (χ1v) is 7.01. The maximum atomic E-state index is 13.2. The maximum absolute atomic E-state index is 13.2. The van der Waals surface area contributed by atoms with Crippen LogP contribution in [0.5, 0.6) is 0 Å². The van der Waals surface area contributed by atoms with Crippen LogP contribution < -0.4 is 5.73 Å². The molecule has 1 aliphatic carbocycles. The topological polar surface area (TPSA) is 57.3 Å². The van der Waals surface area contributed by atoms with E-state index in [1.807, 2.05) is 4.57 Å². The fourth-order valence-electron chi connectivity index (χ4n) is 2.19. The van der Waals surface area contributed by atoms with Crippen molar-refractivity contribution in [1.82, 2.24) is 4.57 Å². The van der Waals surface area contributed by atoms with Crippen molar-refractivity contribution in [2.45, 2.75) is 25.5 Å². The van der Waals surface area contributed by atoms with Crippen LogP contribution in [0.15, 0.2) is 30.5 Å². The third-order valence-electron chi connectivity index (χ3n) is 3.39. The molecule has 110 valence electrons. The zero-order valence-corrected chi connectivity index (χ0v) is 11.9. The first-order chi connectivity index (χ1) is 10.0. The van der Waals surface area contributed by atoms with Gasteiger partial charge >= 0.3 is 5.97 Å². The van der Waals surface area contributed by atoms with Gasteiger partial charge in [0.05, 0.1) is 5.69 Å². The quantitative estimate of drug-likeness (QED) is 0.879. The van der Waals surface area contributed by atoms with Crippen LogP contribution in [-0.4, -0.2) is 10.5 Å². The molecule has 0 aliphatic heterocycles. The van der Waals surface area contributed by atoms with Crippen molar-refractivity contribution >= 4 is 23.3 Å². The first kappa shape index (κ1) is 13.9. The summed E-state index contributed by atoms with van der Waals surface area (Å²) in [5, 5.41) is 0.362. The van der Waals surface area contributed by atoms with E-state index in [4.69, 9.17) is 22.1 Å². The third kappa shape index (κ3) is 3.03. The van der Waals surface area contributed by atoms with Crippen molar-refractivity contribution in [3.05, 3.63) is 52.6 Å². The van der Waals surface area contributed by atoms with Gasteiger partial charge in [-0.25, -0.2) is 9.18 Å². The standard InChI is InChI=1S/C15H14ClFN2O2/c16-13-4-1-10(17)5-9(13)8-21-15(20)14-6-11(18)7-19(14)12-2-3-12/h1,4-7,12H,2-3,8,18H2. The molecule has 3 rings (SSSR count). The lowest BCUT2D eigenvalue weighted by Crippen LogP contribution is -2.11. The van der Waals surface area contributed by atoms with Crippen LogP contribution >= 0.6 is 11.6 Å². The summed E-state index contributed by atoms with van der Waals surface area (Å²) in [6.07, 6.45) is 3.80. The lowest BCUT2D eigenvalue weighted by atomic mass is 10.2.